The van der Waals surface area contributed by atoms with Gasteiger partial charge in [0.2, 0.25) is 11.8 Å². The third-order valence-corrected chi connectivity index (χ3v) is 1.89. The highest BCUT2D eigenvalue weighted by Gasteiger charge is 2.07. The molecule has 0 bridgehead atoms. The van der Waals surface area contributed by atoms with Crippen molar-refractivity contribution in [3.63, 3.8) is 0 Å². The van der Waals surface area contributed by atoms with E-state index in [1.807, 2.05) is 41.5 Å². The van der Waals surface area contributed by atoms with Crippen LogP contribution in [0, 0.1) is 11.8 Å². The molecule has 0 aliphatic heterocycles. The molecule has 4 heteroatoms. The lowest BCUT2D eigenvalue weighted by molar-refractivity contribution is -0.131. The Balaban J connectivity index is 0. The van der Waals surface area contributed by atoms with E-state index in [4.69, 9.17) is 0 Å². The summed E-state index contributed by atoms with van der Waals surface area (Å²) in [5.74, 6) is 0.549. The van der Waals surface area contributed by atoms with Crippen LogP contribution in [0.3, 0.4) is 0 Å². The quantitative estimate of drug-likeness (QED) is 0.824. The second-order valence-corrected chi connectivity index (χ2v) is 5.21. The Hall–Kier alpha value is -1.06. The zero-order valence-corrected chi connectivity index (χ0v) is 12.5. The van der Waals surface area contributed by atoms with Crippen LogP contribution in [0.5, 0.6) is 0 Å². The summed E-state index contributed by atoms with van der Waals surface area (Å²) >= 11 is 0. The highest BCUT2D eigenvalue weighted by Crippen LogP contribution is 1.94. The minimum Gasteiger partial charge on any atom is -0.354 e. The molecule has 0 rings (SSSR count). The van der Waals surface area contributed by atoms with Gasteiger partial charge in [-0.2, -0.15) is 0 Å². The van der Waals surface area contributed by atoms with Crippen molar-refractivity contribution in [1.29, 1.82) is 0 Å². The van der Waals surface area contributed by atoms with E-state index in [0.717, 1.165) is 0 Å². The van der Waals surface area contributed by atoms with Gasteiger partial charge in [0.1, 0.15) is 0 Å². The normalized spacial score (nSPS) is 10.1. The predicted molar refractivity (Wildman–Crippen MR) is 71.6 cm³/mol. The lowest BCUT2D eigenvalue weighted by atomic mass is 10.2. The van der Waals surface area contributed by atoms with E-state index >= 15 is 0 Å². The van der Waals surface area contributed by atoms with Crippen molar-refractivity contribution in [1.82, 2.24) is 10.2 Å². The van der Waals surface area contributed by atoms with E-state index in [1.54, 1.807) is 19.0 Å². The van der Waals surface area contributed by atoms with Gasteiger partial charge in [-0.05, 0) is 13.8 Å². The van der Waals surface area contributed by atoms with Crippen LogP contribution in [-0.2, 0) is 9.59 Å². The van der Waals surface area contributed by atoms with E-state index < -0.39 is 0 Å². The molecule has 0 spiro atoms. The fraction of sp³-hybridized carbons (Fsp3) is 0.846. The molecule has 0 atom stereocenters. The number of carbonyl (C=O) groups is 2. The monoisotopic (exact) mass is 244 g/mol. The molecule has 4 nitrogen and oxygen atoms in total. The van der Waals surface area contributed by atoms with Gasteiger partial charge >= 0.3 is 0 Å². The van der Waals surface area contributed by atoms with E-state index in [9.17, 15) is 9.59 Å². The Kier molecular flexibility index (Phi) is 9.72. The van der Waals surface area contributed by atoms with Crippen molar-refractivity contribution < 1.29 is 9.59 Å². The third kappa shape index (κ3) is 11.2. The Bertz CT molecular complexity index is 224. The maximum absolute atomic E-state index is 10.8. The summed E-state index contributed by atoms with van der Waals surface area (Å²) in [6.45, 7) is 11.5. The molecule has 2 amide bonds. The molecule has 0 aromatic heterocycles. The van der Waals surface area contributed by atoms with Crippen LogP contribution in [0.4, 0.5) is 0 Å². The van der Waals surface area contributed by atoms with E-state index in [-0.39, 0.29) is 29.7 Å². The number of nitrogens with zero attached hydrogens (tertiary/aromatic N) is 1. The first-order valence-corrected chi connectivity index (χ1v) is 6.11. The third-order valence-electron chi connectivity index (χ3n) is 1.89. The molecule has 0 fully saturated rings. The van der Waals surface area contributed by atoms with Crippen LogP contribution in [0.15, 0.2) is 0 Å². The molecule has 0 aliphatic carbocycles. The minimum absolute atomic E-state index is 0.104. The number of amides is 2. The van der Waals surface area contributed by atoms with Crippen molar-refractivity contribution in [3.8, 4) is 0 Å². The molecule has 0 radical (unpaired) electrons. The van der Waals surface area contributed by atoms with Gasteiger partial charge in [0.25, 0.3) is 0 Å². The van der Waals surface area contributed by atoms with Crippen LogP contribution in [0.1, 0.15) is 41.5 Å². The predicted octanol–water partition coefficient (Wildman–Crippen LogP) is 1.90. The Morgan fingerprint density at radius 2 is 1.29 bits per heavy atom. The van der Waals surface area contributed by atoms with Gasteiger partial charge in [0.15, 0.2) is 0 Å². The Labute approximate surface area is 106 Å². The van der Waals surface area contributed by atoms with Crippen molar-refractivity contribution in [2.24, 2.45) is 11.8 Å². The van der Waals surface area contributed by atoms with E-state index in [0.29, 0.717) is 0 Å². The summed E-state index contributed by atoms with van der Waals surface area (Å²) < 4.78 is 0. The highest BCUT2D eigenvalue weighted by molar-refractivity contribution is 5.78. The first kappa shape index (κ1) is 18.3. The fourth-order valence-electron chi connectivity index (χ4n) is 0.968. The Morgan fingerprint density at radius 3 is 1.35 bits per heavy atom. The molecule has 102 valence electrons. The van der Waals surface area contributed by atoms with Crippen molar-refractivity contribution in [2.75, 3.05) is 14.1 Å². The van der Waals surface area contributed by atoms with Gasteiger partial charge in [0.05, 0.1) is 0 Å². The second kappa shape index (κ2) is 9.02. The topological polar surface area (TPSA) is 49.4 Å². The molecule has 0 heterocycles. The molecule has 17 heavy (non-hydrogen) atoms. The number of carbonyl (C=O) groups excluding carboxylic acids is 2. The molecule has 0 unspecified atom stereocenters. The highest BCUT2D eigenvalue weighted by atomic mass is 16.2. The van der Waals surface area contributed by atoms with Gasteiger partial charge in [-0.3, -0.25) is 9.59 Å². The van der Waals surface area contributed by atoms with Gasteiger partial charge in [-0.1, -0.05) is 27.7 Å². The average molecular weight is 244 g/mol. The molecular formula is C13H28N2O2. The van der Waals surface area contributed by atoms with E-state index in [1.165, 1.54) is 0 Å². The number of hydrogen-bond donors (Lipinski definition) is 1. The number of hydrogen-bond acceptors (Lipinski definition) is 2. The van der Waals surface area contributed by atoms with Crippen LogP contribution in [0.2, 0.25) is 0 Å². The van der Waals surface area contributed by atoms with Crippen molar-refractivity contribution >= 4 is 11.8 Å². The summed E-state index contributed by atoms with van der Waals surface area (Å²) in [6.07, 6.45) is 0. The zero-order chi connectivity index (χ0) is 14.2. The molecule has 0 aromatic rings. The first-order valence-electron chi connectivity index (χ1n) is 6.11. The molecule has 0 aromatic carbocycles. The maximum Gasteiger partial charge on any atom is 0.224 e. The molecule has 0 saturated heterocycles. The summed E-state index contributed by atoms with van der Waals surface area (Å²) in [4.78, 5) is 23.2. The van der Waals surface area contributed by atoms with Gasteiger partial charge in [-0.15, -0.1) is 0 Å². The van der Waals surface area contributed by atoms with E-state index in [2.05, 4.69) is 5.32 Å². The zero-order valence-electron chi connectivity index (χ0n) is 12.5. The Morgan fingerprint density at radius 1 is 0.882 bits per heavy atom. The molecule has 0 aliphatic rings. The number of rotatable bonds is 3. The lowest BCUT2D eigenvalue weighted by Gasteiger charge is -2.11. The number of nitrogens with one attached hydrogen (secondary N) is 1. The van der Waals surface area contributed by atoms with Crippen LogP contribution in [-0.4, -0.2) is 36.9 Å². The summed E-state index contributed by atoms with van der Waals surface area (Å²) in [5, 5.41) is 2.80. The average Bonchev–Trinajstić information content (AvgIpc) is 2.15. The second-order valence-electron chi connectivity index (χ2n) is 5.21. The SMILES string of the molecule is CC(C)C(=O)N(C)C.CC(C)NC(=O)C(C)C. The van der Waals surface area contributed by atoms with Crippen LogP contribution in [0.25, 0.3) is 0 Å². The minimum atomic E-state index is 0.104. The van der Waals surface area contributed by atoms with Crippen LogP contribution < -0.4 is 5.32 Å². The molecule has 1 N–H and O–H groups in total. The standard InChI is InChI=1S/C7H15NO.C6H13NO/c1-5(2)7(9)8-6(3)4;1-5(2)6(8)7(3)4/h5-6H,1-4H3,(H,8,9);5H,1-4H3. The largest absolute Gasteiger partial charge is 0.354 e. The van der Waals surface area contributed by atoms with Gasteiger partial charge < -0.3 is 10.2 Å². The smallest absolute Gasteiger partial charge is 0.224 e. The van der Waals surface area contributed by atoms with Crippen molar-refractivity contribution in [2.45, 2.75) is 47.6 Å². The van der Waals surface area contributed by atoms with Crippen LogP contribution >= 0.6 is 0 Å². The van der Waals surface area contributed by atoms with Crippen molar-refractivity contribution in [3.05, 3.63) is 0 Å². The van der Waals surface area contributed by atoms with Gasteiger partial charge in [0, 0.05) is 32.0 Å². The summed E-state index contributed by atoms with van der Waals surface area (Å²) in [7, 11) is 3.53. The fourth-order valence-corrected chi connectivity index (χ4v) is 0.968. The molecule has 0 saturated carbocycles. The summed E-state index contributed by atoms with van der Waals surface area (Å²) in [5.41, 5.74) is 0. The lowest BCUT2D eigenvalue weighted by Crippen LogP contribution is -2.33. The molecular weight excluding hydrogens is 216 g/mol. The first-order chi connectivity index (χ1) is 7.59. The maximum atomic E-state index is 10.8. The van der Waals surface area contributed by atoms with Gasteiger partial charge in [-0.25, -0.2) is 0 Å². The summed E-state index contributed by atoms with van der Waals surface area (Å²) in [6, 6.07) is 0.264.